The predicted octanol–water partition coefficient (Wildman–Crippen LogP) is 2.31. The van der Waals surface area contributed by atoms with E-state index in [1.54, 1.807) is 25.3 Å². The third-order valence-corrected chi connectivity index (χ3v) is 2.68. The maximum absolute atomic E-state index is 11.2. The molecule has 0 atom stereocenters. The number of aromatic nitrogens is 1. The Kier molecular flexibility index (Phi) is 4.18. The number of aromatic hydroxyl groups is 1. The summed E-state index contributed by atoms with van der Waals surface area (Å²) >= 11 is 0. The number of hydrogen-bond acceptors (Lipinski definition) is 5. The lowest BCUT2D eigenvalue weighted by Gasteiger charge is -2.08. The van der Waals surface area contributed by atoms with Gasteiger partial charge in [0.05, 0.1) is 13.0 Å². The molecule has 2 rings (SSSR count). The largest absolute Gasteiger partial charge is 0.508 e. The van der Waals surface area contributed by atoms with E-state index in [4.69, 9.17) is 4.74 Å². The highest BCUT2D eigenvalue weighted by atomic mass is 16.5. The van der Waals surface area contributed by atoms with Crippen LogP contribution in [0.5, 0.6) is 5.75 Å². The van der Waals surface area contributed by atoms with E-state index >= 15 is 0 Å². The van der Waals surface area contributed by atoms with E-state index in [1.165, 1.54) is 0 Å². The van der Waals surface area contributed by atoms with Crippen LogP contribution in [0.3, 0.4) is 0 Å². The SMILES string of the molecule is CCOC(=O)CCNc1nccc2ccc(O)cc12. The molecule has 0 spiro atoms. The number of rotatable bonds is 5. The van der Waals surface area contributed by atoms with Crippen LogP contribution < -0.4 is 5.32 Å². The fourth-order valence-electron chi connectivity index (χ4n) is 1.81. The Morgan fingerprint density at radius 3 is 3.05 bits per heavy atom. The minimum atomic E-state index is -0.238. The van der Waals surface area contributed by atoms with Gasteiger partial charge in [-0.1, -0.05) is 6.07 Å². The zero-order valence-electron chi connectivity index (χ0n) is 10.7. The van der Waals surface area contributed by atoms with Crippen molar-refractivity contribution in [2.24, 2.45) is 0 Å². The van der Waals surface area contributed by atoms with Crippen LogP contribution in [-0.2, 0) is 9.53 Å². The molecule has 0 saturated heterocycles. The number of benzene rings is 1. The molecule has 0 aliphatic rings. The Labute approximate surface area is 111 Å². The number of phenolic OH excluding ortho intramolecular Hbond substituents is 1. The number of ether oxygens (including phenoxy) is 1. The van der Waals surface area contributed by atoms with Gasteiger partial charge in [-0.15, -0.1) is 0 Å². The summed E-state index contributed by atoms with van der Waals surface area (Å²) in [4.78, 5) is 15.4. The molecule has 2 aromatic rings. The molecule has 1 heterocycles. The third kappa shape index (κ3) is 3.34. The molecular formula is C14H16N2O3. The van der Waals surface area contributed by atoms with E-state index < -0.39 is 0 Å². The van der Waals surface area contributed by atoms with E-state index in [2.05, 4.69) is 10.3 Å². The summed E-state index contributed by atoms with van der Waals surface area (Å²) in [6, 6.07) is 6.97. The highest BCUT2D eigenvalue weighted by Gasteiger charge is 2.05. The fourth-order valence-corrected chi connectivity index (χ4v) is 1.81. The number of esters is 1. The molecule has 2 N–H and O–H groups in total. The Balaban J connectivity index is 2.08. The maximum Gasteiger partial charge on any atom is 0.307 e. The van der Waals surface area contributed by atoms with Crippen LogP contribution >= 0.6 is 0 Å². The first-order chi connectivity index (χ1) is 9.20. The minimum absolute atomic E-state index is 0.189. The second-order valence-corrected chi connectivity index (χ2v) is 4.05. The molecule has 0 radical (unpaired) electrons. The van der Waals surface area contributed by atoms with Crippen molar-refractivity contribution < 1.29 is 14.6 Å². The summed E-state index contributed by atoms with van der Waals surface area (Å²) in [5.41, 5.74) is 0. The lowest BCUT2D eigenvalue weighted by molar-refractivity contribution is -0.142. The van der Waals surface area contributed by atoms with Gasteiger partial charge in [-0.25, -0.2) is 4.98 Å². The molecule has 1 aromatic heterocycles. The molecule has 100 valence electrons. The first-order valence-electron chi connectivity index (χ1n) is 6.18. The monoisotopic (exact) mass is 260 g/mol. The zero-order valence-corrected chi connectivity index (χ0v) is 10.7. The van der Waals surface area contributed by atoms with Gasteiger partial charge >= 0.3 is 5.97 Å². The summed E-state index contributed by atoms with van der Waals surface area (Å²) in [6.07, 6.45) is 1.97. The molecule has 0 amide bonds. The zero-order chi connectivity index (χ0) is 13.7. The molecule has 0 unspecified atom stereocenters. The lowest BCUT2D eigenvalue weighted by Crippen LogP contribution is -2.12. The Morgan fingerprint density at radius 1 is 1.42 bits per heavy atom. The van der Waals surface area contributed by atoms with Crippen molar-refractivity contribution in [3.8, 4) is 5.75 Å². The van der Waals surface area contributed by atoms with E-state index in [-0.39, 0.29) is 18.1 Å². The van der Waals surface area contributed by atoms with Gasteiger partial charge in [0.2, 0.25) is 0 Å². The predicted molar refractivity (Wildman–Crippen MR) is 73.1 cm³/mol. The summed E-state index contributed by atoms with van der Waals surface area (Å²) < 4.78 is 4.85. The number of hydrogen-bond donors (Lipinski definition) is 2. The summed E-state index contributed by atoms with van der Waals surface area (Å²) in [7, 11) is 0. The van der Waals surface area contributed by atoms with Crippen LogP contribution in [0.2, 0.25) is 0 Å². The van der Waals surface area contributed by atoms with E-state index in [0.29, 0.717) is 19.0 Å². The number of nitrogens with zero attached hydrogens (tertiary/aromatic N) is 1. The van der Waals surface area contributed by atoms with Crippen LogP contribution in [0.4, 0.5) is 5.82 Å². The number of fused-ring (bicyclic) bond motifs is 1. The first kappa shape index (κ1) is 13.1. The van der Waals surface area contributed by atoms with Gasteiger partial charge in [-0.05, 0) is 30.5 Å². The normalized spacial score (nSPS) is 10.4. The lowest BCUT2D eigenvalue weighted by atomic mass is 10.1. The van der Waals surface area contributed by atoms with Gasteiger partial charge in [-0.2, -0.15) is 0 Å². The van der Waals surface area contributed by atoms with Crippen molar-refractivity contribution in [2.75, 3.05) is 18.5 Å². The van der Waals surface area contributed by atoms with Crippen LogP contribution in [-0.4, -0.2) is 29.2 Å². The van der Waals surface area contributed by atoms with Gasteiger partial charge in [0.1, 0.15) is 11.6 Å². The van der Waals surface area contributed by atoms with Gasteiger partial charge in [0.15, 0.2) is 0 Å². The van der Waals surface area contributed by atoms with Crippen molar-refractivity contribution in [1.29, 1.82) is 0 Å². The summed E-state index contributed by atoms with van der Waals surface area (Å²) in [5, 5.41) is 14.4. The smallest absolute Gasteiger partial charge is 0.307 e. The van der Waals surface area contributed by atoms with Crippen molar-refractivity contribution in [2.45, 2.75) is 13.3 Å². The molecule has 19 heavy (non-hydrogen) atoms. The highest BCUT2D eigenvalue weighted by molar-refractivity contribution is 5.92. The van der Waals surface area contributed by atoms with E-state index in [0.717, 1.165) is 10.8 Å². The minimum Gasteiger partial charge on any atom is -0.508 e. The molecule has 0 aliphatic heterocycles. The van der Waals surface area contributed by atoms with Crippen LogP contribution in [0.25, 0.3) is 10.8 Å². The number of anilines is 1. The number of phenols is 1. The Bertz CT molecular complexity index is 584. The average molecular weight is 260 g/mol. The van der Waals surface area contributed by atoms with Crippen molar-refractivity contribution in [3.05, 3.63) is 30.5 Å². The third-order valence-electron chi connectivity index (χ3n) is 2.68. The molecule has 0 bridgehead atoms. The highest BCUT2D eigenvalue weighted by Crippen LogP contribution is 2.24. The second kappa shape index (κ2) is 6.04. The molecule has 0 aliphatic carbocycles. The maximum atomic E-state index is 11.2. The standard InChI is InChI=1S/C14H16N2O3/c1-2-19-13(18)6-8-16-14-12-9-11(17)4-3-10(12)5-7-15-14/h3-5,7,9,17H,2,6,8H2,1H3,(H,15,16). The Morgan fingerprint density at radius 2 is 2.26 bits per heavy atom. The van der Waals surface area contributed by atoms with Gasteiger partial charge in [0.25, 0.3) is 0 Å². The van der Waals surface area contributed by atoms with Crippen LogP contribution in [0, 0.1) is 0 Å². The average Bonchev–Trinajstić information content (AvgIpc) is 2.39. The number of pyridine rings is 1. The Hall–Kier alpha value is -2.30. The van der Waals surface area contributed by atoms with Crippen LogP contribution in [0.15, 0.2) is 30.5 Å². The van der Waals surface area contributed by atoms with Crippen molar-refractivity contribution in [3.63, 3.8) is 0 Å². The first-order valence-corrected chi connectivity index (χ1v) is 6.18. The summed E-state index contributed by atoms with van der Waals surface area (Å²) in [5.74, 6) is 0.602. The topological polar surface area (TPSA) is 71.5 Å². The van der Waals surface area contributed by atoms with Gasteiger partial charge < -0.3 is 15.2 Å². The van der Waals surface area contributed by atoms with Crippen molar-refractivity contribution in [1.82, 2.24) is 4.98 Å². The molecule has 0 fully saturated rings. The fraction of sp³-hybridized carbons (Fsp3) is 0.286. The second-order valence-electron chi connectivity index (χ2n) is 4.05. The summed E-state index contributed by atoms with van der Waals surface area (Å²) in [6.45, 7) is 2.61. The van der Waals surface area contributed by atoms with Crippen molar-refractivity contribution >= 4 is 22.6 Å². The number of carbonyl (C=O) groups excluding carboxylic acids is 1. The van der Waals surface area contributed by atoms with E-state index in [1.807, 2.05) is 12.1 Å². The quantitative estimate of drug-likeness (QED) is 0.807. The molecule has 5 nitrogen and oxygen atoms in total. The molecule has 0 saturated carbocycles. The number of nitrogens with one attached hydrogen (secondary N) is 1. The number of carbonyl (C=O) groups is 1. The van der Waals surface area contributed by atoms with Gasteiger partial charge in [0, 0.05) is 18.1 Å². The van der Waals surface area contributed by atoms with E-state index in [9.17, 15) is 9.90 Å². The molecular weight excluding hydrogens is 244 g/mol. The molecule has 5 heteroatoms. The van der Waals surface area contributed by atoms with Crippen LogP contribution in [0.1, 0.15) is 13.3 Å². The molecule has 1 aromatic carbocycles. The van der Waals surface area contributed by atoms with Gasteiger partial charge in [-0.3, -0.25) is 4.79 Å².